The summed E-state index contributed by atoms with van der Waals surface area (Å²) in [5, 5.41) is 6.72. The van der Waals surface area contributed by atoms with Crippen LogP contribution in [0.2, 0.25) is 0 Å². The number of rotatable bonds is 11. The van der Waals surface area contributed by atoms with Gasteiger partial charge < -0.3 is 24.5 Å². The first kappa shape index (κ1) is 25.8. The molecule has 0 aliphatic heterocycles. The van der Waals surface area contributed by atoms with Gasteiger partial charge in [0.05, 0.1) is 19.4 Å². The maximum Gasteiger partial charge on any atom is 0.191 e. The first-order chi connectivity index (χ1) is 15.2. The number of ether oxygens (including phenoxy) is 2. The van der Waals surface area contributed by atoms with Gasteiger partial charge in [-0.3, -0.25) is 4.99 Å². The Hall–Kier alpha value is -2.49. The third-order valence-corrected chi connectivity index (χ3v) is 4.85. The highest BCUT2D eigenvalue weighted by Gasteiger charge is 2.06. The van der Waals surface area contributed by atoms with Crippen LogP contribution in [0.1, 0.15) is 31.5 Å². The Balaban J connectivity index is 0.00000363. The van der Waals surface area contributed by atoms with E-state index < -0.39 is 0 Å². The smallest absolute Gasteiger partial charge is 0.191 e. The average molecular weight is 551 g/mol. The van der Waals surface area contributed by atoms with Crippen molar-refractivity contribution < 1.29 is 9.47 Å². The van der Waals surface area contributed by atoms with E-state index >= 15 is 0 Å². The van der Waals surface area contributed by atoms with Gasteiger partial charge in [0.2, 0.25) is 0 Å². The number of aliphatic imine (C=N–C) groups is 1. The minimum atomic E-state index is 0. The van der Waals surface area contributed by atoms with E-state index in [0.29, 0.717) is 6.61 Å². The molecule has 0 aliphatic carbocycles. The summed E-state index contributed by atoms with van der Waals surface area (Å²) in [5.41, 5.74) is 3.27. The van der Waals surface area contributed by atoms with Gasteiger partial charge in [0.25, 0.3) is 0 Å². The number of fused-ring (bicyclic) bond motifs is 1. The van der Waals surface area contributed by atoms with Gasteiger partial charge in [-0.15, -0.1) is 24.0 Å². The molecule has 7 nitrogen and oxygen atoms in total. The number of halogens is 1. The lowest BCUT2D eigenvalue weighted by atomic mass is 10.1. The molecule has 2 N–H and O–H groups in total. The molecule has 174 valence electrons. The largest absolute Gasteiger partial charge is 0.493 e. The molecule has 3 rings (SSSR count). The van der Waals surface area contributed by atoms with Gasteiger partial charge >= 0.3 is 0 Å². The Bertz CT molecular complexity index is 956. The van der Waals surface area contributed by atoms with E-state index in [0.717, 1.165) is 67.7 Å². The number of methoxy groups -OCH3 is 1. The second-order valence-corrected chi connectivity index (χ2v) is 7.16. The molecule has 3 aromatic rings. The molecule has 0 aliphatic rings. The topological polar surface area (TPSA) is 72.2 Å². The van der Waals surface area contributed by atoms with E-state index in [2.05, 4.69) is 40.9 Å². The standard InChI is InChI=1S/C24H33N5O2.HI/c1-4-25-24(27-15-13-20-18-29-16-7-6-10-23(29)28-20)26-14-8-9-19-11-12-21(30-3)22(17-19)31-5-2;/h6-7,10-12,16-18H,4-5,8-9,13-15H2,1-3H3,(H2,25,26,27);1H. The maximum atomic E-state index is 5.67. The summed E-state index contributed by atoms with van der Waals surface area (Å²) in [4.78, 5) is 9.35. The summed E-state index contributed by atoms with van der Waals surface area (Å²) in [5.74, 6) is 2.41. The number of nitrogens with one attached hydrogen (secondary N) is 2. The third kappa shape index (κ3) is 7.58. The maximum absolute atomic E-state index is 5.67. The number of benzene rings is 1. The van der Waals surface area contributed by atoms with Crippen molar-refractivity contribution in [2.75, 3.05) is 33.4 Å². The Kier molecular flexibility index (Phi) is 11.1. The Labute approximate surface area is 207 Å². The van der Waals surface area contributed by atoms with Crippen molar-refractivity contribution in [1.29, 1.82) is 0 Å². The number of imidazole rings is 1. The van der Waals surface area contributed by atoms with Crippen LogP contribution in [0.25, 0.3) is 5.65 Å². The number of aryl methyl sites for hydroxylation is 1. The summed E-state index contributed by atoms with van der Waals surface area (Å²) in [6, 6.07) is 12.1. The zero-order valence-electron chi connectivity index (χ0n) is 19.1. The van der Waals surface area contributed by atoms with Crippen LogP contribution in [-0.2, 0) is 12.8 Å². The number of nitrogens with zero attached hydrogens (tertiary/aromatic N) is 3. The quantitative estimate of drug-likeness (QED) is 0.163. The Morgan fingerprint density at radius 3 is 2.72 bits per heavy atom. The zero-order chi connectivity index (χ0) is 21.9. The van der Waals surface area contributed by atoms with Crippen LogP contribution in [-0.4, -0.2) is 48.7 Å². The van der Waals surface area contributed by atoms with E-state index in [-0.39, 0.29) is 24.0 Å². The van der Waals surface area contributed by atoms with Gasteiger partial charge in [-0.2, -0.15) is 0 Å². The highest BCUT2D eigenvalue weighted by atomic mass is 127. The van der Waals surface area contributed by atoms with Crippen molar-refractivity contribution in [2.24, 2.45) is 4.99 Å². The van der Waals surface area contributed by atoms with Crippen LogP contribution in [0.15, 0.2) is 53.8 Å². The lowest BCUT2D eigenvalue weighted by Crippen LogP contribution is -2.38. The molecule has 1 aromatic carbocycles. The molecule has 2 heterocycles. The fourth-order valence-corrected chi connectivity index (χ4v) is 3.38. The molecule has 0 spiro atoms. The fourth-order valence-electron chi connectivity index (χ4n) is 3.38. The first-order valence-electron chi connectivity index (χ1n) is 11.0. The molecular weight excluding hydrogens is 517 g/mol. The van der Waals surface area contributed by atoms with Gasteiger partial charge in [-0.1, -0.05) is 12.1 Å². The Morgan fingerprint density at radius 2 is 1.97 bits per heavy atom. The van der Waals surface area contributed by atoms with E-state index in [4.69, 9.17) is 14.5 Å². The SMILES string of the molecule is CCNC(=NCCCc1ccc(OC)c(OCC)c1)NCCc1cn2ccccc2n1.I. The van der Waals surface area contributed by atoms with Crippen molar-refractivity contribution in [3.63, 3.8) is 0 Å². The summed E-state index contributed by atoms with van der Waals surface area (Å²) in [6.07, 6.45) is 6.84. The number of pyridine rings is 1. The van der Waals surface area contributed by atoms with Crippen molar-refractivity contribution >= 4 is 35.6 Å². The molecule has 32 heavy (non-hydrogen) atoms. The monoisotopic (exact) mass is 551 g/mol. The number of aromatic nitrogens is 2. The average Bonchev–Trinajstić information content (AvgIpc) is 3.20. The predicted molar refractivity (Wildman–Crippen MR) is 141 cm³/mol. The highest BCUT2D eigenvalue weighted by molar-refractivity contribution is 14.0. The van der Waals surface area contributed by atoms with Crippen LogP contribution in [0.5, 0.6) is 11.5 Å². The van der Waals surface area contributed by atoms with E-state index in [9.17, 15) is 0 Å². The highest BCUT2D eigenvalue weighted by Crippen LogP contribution is 2.28. The summed E-state index contributed by atoms with van der Waals surface area (Å²) < 4.78 is 13.1. The zero-order valence-corrected chi connectivity index (χ0v) is 21.5. The van der Waals surface area contributed by atoms with Crippen molar-refractivity contribution in [1.82, 2.24) is 20.0 Å². The van der Waals surface area contributed by atoms with E-state index in [1.54, 1.807) is 7.11 Å². The summed E-state index contributed by atoms with van der Waals surface area (Å²) in [6.45, 7) is 7.04. The lowest BCUT2D eigenvalue weighted by Gasteiger charge is -2.12. The minimum Gasteiger partial charge on any atom is -0.493 e. The minimum absolute atomic E-state index is 0. The van der Waals surface area contributed by atoms with Crippen LogP contribution in [0, 0.1) is 0 Å². The number of guanidine groups is 1. The summed E-state index contributed by atoms with van der Waals surface area (Å²) in [7, 11) is 1.66. The Morgan fingerprint density at radius 1 is 1.09 bits per heavy atom. The molecule has 0 atom stereocenters. The van der Waals surface area contributed by atoms with Gasteiger partial charge in [0.15, 0.2) is 17.5 Å². The summed E-state index contributed by atoms with van der Waals surface area (Å²) >= 11 is 0. The van der Waals surface area contributed by atoms with Crippen molar-refractivity contribution in [3.8, 4) is 11.5 Å². The molecule has 0 saturated carbocycles. The van der Waals surface area contributed by atoms with Crippen LogP contribution in [0.4, 0.5) is 0 Å². The van der Waals surface area contributed by atoms with Crippen LogP contribution >= 0.6 is 24.0 Å². The van der Waals surface area contributed by atoms with Crippen LogP contribution < -0.4 is 20.1 Å². The third-order valence-electron chi connectivity index (χ3n) is 4.85. The molecule has 2 aromatic heterocycles. The first-order valence-corrected chi connectivity index (χ1v) is 11.0. The van der Waals surface area contributed by atoms with Gasteiger partial charge in [-0.25, -0.2) is 4.98 Å². The second-order valence-electron chi connectivity index (χ2n) is 7.16. The molecule has 0 amide bonds. The van der Waals surface area contributed by atoms with Gasteiger partial charge in [0.1, 0.15) is 5.65 Å². The van der Waals surface area contributed by atoms with Crippen molar-refractivity contribution in [2.45, 2.75) is 33.1 Å². The van der Waals surface area contributed by atoms with Gasteiger partial charge in [-0.05, 0) is 56.5 Å². The fraction of sp³-hybridized carbons (Fsp3) is 0.417. The molecule has 8 heteroatoms. The molecule has 0 bridgehead atoms. The predicted octanol–water partition coefficient (Wildman–Crippen LogP) is 4.09. The second kappa shape index (κ2) is 13.8. The normalized spacial score (nSPS) is 11.2. The van der Waals surface area contributed by atoms with E-state index in [1.807, 2.05) is 41.8 Å². The lowest BCUT2D eigenvalue weighted by molar-refractivity contribution is 0.310. The van der Waals surface area contributed by atoms with Gasteiger partial charge in [0, 0.05) is 38.4 Å². The van der Waals surface area contributed by atoms with E-state index in [1.165, 1.54) is 5.56 Å². The molecule has 0 fully saturated rings. The van der Waals surface area contributed by atoms with Crippen LogP contribution in [0.3, 0.4) is 0 Å². The van der Waals surface area contributed by atoms with Crippen molar-refractivity contribution in [3.05, 3.63) is 60.0 Å². The number of hydrogen-bond donors (Lipinski definition) is 2. The molecule has 0 radical (unpaired) electrons. The molecular formula is C24H34IN5O2. The molecule has 0 saturated heterocycles. The molecule has 0 unspecified atom stereocenters. The number of hydrogen-bond acceptors (Lipinski definition) is 4.